The molecule has 10 heteroatoms. The molecule has 0 atom stereocenters. The highest BCUT2D eigenvalue weighted by molar-refractivity contribution is 5.99. The zero-order valence-corrected chi connectivity index (χ0v) is 16.2. The van der Waals surface area contributed by atoms with Gasteiger partial charge >= 0.3 is 5.69 Å². The summed E-state index contributed by atoms with van der Waals surface area (Å²) in [5.74, 6) is 0.816. The molecule has 0 fully saturated rings. The summed E-state index contributed by atoms with van der Waals surface area (Å²) in [6.45, 7) is 1.57. The molecular weight excluding hydrogens is 384 g/mol. The maximum Gasteiger partial charge on any atom is 0.333 e. The molecule has 0 spiro atoms. The van der Waals surface area contributed by atoms with Crippen LogP contribution in [0.5, 0.6) is 0 Å². The molecule has 5 heterocycles. The molecule has 1 aliphatic rings. The molecule has 30 heavy (non-hydrogen) atoms. The van der Waals surface area contributed by atoms with E-state index in [1.807, 2.05) is 4.90 Å². The number of imidazole rings is 1. The van der Waals surface area contributed by atoms with Crippen molar-refractivity contribution in [1.82, 2.24) is 34.4 Å². The Hall–Kier alpha value is -4.08. The van der Waals surface area contributed by atoms with E-state index in [0.717, 1.165) is 5.69 Å². The number of anilines is 1. The number of rotatable bonds is 3. The second-order valence-electron chi connectivity index (χ2n) is 7.02. The fourth-order valence-corrected chi connectivity index (χ4v) is 3.58. The van der Waals surface area contributed by atoms with Gasteiger partial charge in [-0.15, -0.1) is 0 Å². The zero-order chi connectivity index (χ0) is 20.7. The molecule has 5 rings (SSSR count). The summed E-state index contributed by atoms with van der Waals surface area (Å²) in [5.41, 5.74) is 2.00. The van der Waals surface area contributed by atoms with Crippen molar-refractivity contribution in [2.24, 2.45) is 0 Å². The van der Waals surface area contributed by atoms with E-state index < -0.39 is 0 Å². The Morgan fingerprint density at radius 3 is 2.80 bits per heavy atom. The third-order valence-electron chi connectivity index (χ3n) is 5.10. The van der Waals surface area contributed by atoms with Crippen LogP contribution in [0.3, 0.4) is 0 Å². The van der Waals surface area contributed by atoms with Gasteiger partial charge in [-0.1, -0.05) is 0 Å². The number of aromatic amines is 1. The van der Waals surface area contributed by atoms with Crippen molar-refractivity contribution in [3.63, 3.8) is 0 Å². The predicted octanol–water partition coefficient (Wildman–Crippen LogP) is 0.991. The smallest absolute Gasteiger partial charge is 0.333 e. The van der Waals surface area contributed by atoms with Crippen molar-refractivity contribution in [1.29, 1.82) is 0 Å². The minimum absolute atomic E-state index is 0.112. The average Bonchev–Trinajstić information content (AvgIpc) is 3.06. The Labute approximate surface area is 170 Å². The van der Waals surface area contributed by atoms with Crippen LogP contribution in [0.1, 0.15) is 16.1 Å². The van der Waals surface area contributed by atoms with Gasteiger partial charge in [0.05, 0.1) is 29.5 Å². The van der Waals surface area contributed by atoms with Crippen LogP contribution in [0.25, 0.3) is 17.0 Å². The molecule has 0 radical (unpaired) electrons. The third-order valence-corrected chi connectivity index (χ3v) is 5.10. The number of likely N-dealkylation sites (N-methyl/N-ethyl adjacent to an activating group) is 1. The maximum absolute atomic E-state index is 12.9. The first-order valence-electron chi connectivity index (χ1n) is 9.44. The quantitative estimate of drug-likeness (QED) is 0.544. The lowest BCUT2D eigenvalue weighted by Gasteiger charge is -2.23. The number of nitrogens with one attached hydrogen (secondary N) is 1. The molecule has 0 unspecified atom stereocenters. The summed E-state index contributed by atoms with van der Waals surface area (Å²) < 4.78 is 1.46. The van der Waals surface area contributed by atoms with Crippen molar-refractivity contribution in [3.05, 3.63) is 70.8 Å². The predicted molar refractivity (Wildman–Crippen MR) is 110 cm³/mol. The number of fused-ring (bicyclic) bond motifs is 2. The molecule has 10 nitrogen and oxygen atoms in total. The molecule has 0 bridgehead atoms. The lowest BCUT2D eigenvalue weighted by atomic mass is 10.2. The highest BCUT2D eigenvalue weighted by atomic mass is 16.2. The molecule has 0 aromatic carbocycles. The van der Waals surface area contributed by atoms with Crippen LogP contribution in [-0.2, 0) is 6.54 Å². The minimum atomic E-state index is -0.339. The number of hydrogen-bond acceptors (Lipinski definition) is 7. The molecule has 1 amide bonds. The van der Waals surface area contributed by atoms with Crippen molar-refractivity contribution in [3.8, 4) is 5.82 Å². The van der Waals surface area contributed by atoms with Crippen LogP contribution in [-0.4, -0.2) is 60.4 Å². The SMILES string of the molecule is CN1CCN(Cc2cnccn2)c2nc(-n3c(=O)[nH]c4ncccc43)ccc2C1=O. The third kappa shape index (κ3) is 2.98. The molecule has 4 aromatic heterocycles. The number of hydrogen-bond donors (Lipinski definition) is 1. The van der Waals surface area contributed by atoms with E-state index in [4.69, 9.17) is 4.98 Å². The van der Waals surface area contributed by atoms with Gasteiger partial charge in [0, 0.05) is 38.7 Å². The standard InChI is InChI=1S/C20H18N8O2/c1-26-9-10-27(12-13-11-21-7-8-22-13)18-14(19(26)29)4-5-16(24-18)28-15-3-2-6-23-17(15)25-20(28)30/h2-8,11H,9-10,12H2,1H3,(H,23,25,30). The largest absolute Gasteiger partial charge is 0.348 e. The first-order valence-corrected chi connectivity index (χ1v) is 9.44. The van der Waals surface area contributed by atoms with Crippen LogP contribution >= 0.6 is 0 Å². The van der Waals surface area contributed by atoms with Gasteiger partial charge in [0.1, 0.15) is 11.6 Å². The van der Waals surface area contributed by atoms with E-state index in [-0.39, 0.29) is 11.6 Å². The molecular formula is C20H18N8O2. The first kappa shape index (κ1) is 18.0. The fraction of sp³-hybridized carbons (Fsp3) is 0.200. The van der Waals surface area contributed by atoms with Crippen molar-refractivity contribution < 1.29 is 4.79 Å². The summed E-state index contributed by atoms with van der Waals surface area (Å²) in [6, 6.07) is 6.95. The van der Waals surface area contributed by atoms with Gasteiger partial charge in [-0.05, 0) is 24.3 Å². The second kappa shape index (κ2) is 7.07. The van der Waals surface area contributed by atoms with Gasteiger partial charge in [0.2, 0.25) is 0 Å². The van der Waals surface area contributed by atoms with Gasteiger partial charge in [-0.2, -0.15) is 0 Å². The number of amides is 1. The highest BCUT2D eigenvalue weighted by Gasteiger charge is 2.27. The monoisotopic (exact) mass is 402 g/mol. The van der Waals surface area contributed by atoms with E-state index in [2.05, 4.69) is 19.9 Å². The number of H-pyrrole nitrogens is 1. The van der Waals surface area contributed by atoms with E-state index in [1.54, 1.807) is 61.0 Å². The van der Waals surface area contributed by atoms with Gasteiger partial charge < -0.3 is 9.80 Å². The summed E-state index contributed by atoms with van der Waals surface area (Å²) in [4.78, 5) is 49.2. The average molecular weight is 402 g/mol. The Bertz CT molecular complexity index is 1300. The topological polar surface area (TPSA) is 113 Å². The lowest BCUT2D eigenvalue weighted by Crippen LogP contribution is -2.31. The van der Waals surface area contributed by atoms with Gasteiger partial charge in [-0.25, -0.2) is 19.3 Å². The number of carbonyl (C=O) groups is 1. The molecule has 1 N–H and O–H groups in total. The van der Waals surface area contributed by atoms with Crippen LogP contribution in [0, 0.1) is 0 Å². The van der Waals surface area contributed by atoms with Crippen LogP contribution < -0.4 is 10.6 Å². The Morgan fingerprint density at radius 1 is 1.07 bits per heavy atom. The maximum atomic E-state index is 12.9. The van der Waals surface area contributed by atoms with Gasteiger partial charge in [0.25, 0.3) is 5.91 Å². The highest BCUT2D eigenvalue weighted by Crippen LogP contribution is 2.26. The normalized spacial score (nSPS) is 14.1. The summed E-state index contributed by atoms with van der Waals surface area (Å²) in [7, 11) is 1.77. The zero-order valence-electron chi connectivity index (χ0n) is 16.2. The van der Waals surface area contributed by atoms with E-state index in [1.165, 1.54) is 4.57 Å². The summed E-state index contributed by atoms with van der Waals surface area (Å²) in [5, 5.41) is 0. The van der Waals surface area contributed by atoms with Crippen molar-refractivity contribution in [2.45, 2.75) is 6.54 Å². The van der Waals surface area contributed by atoms with Gasteiger partial charge in [0.15, 0.2) is 5.65 Å². The molecule has 150 valence electrons. The number of nitrogens with zero attached hydrogens (tertiary/aromatic N) is 7. The molecule has 0 saturated carbocycles. The fourth-order valence-electron chi connectivity index (χ4n) is 3.58. The van der Waals surface area contributed by atoms with Crippen molar-refractivity contribution >= 4 is 22.9 Å². The van der Waals surface area contributed by atoms with Crippen LogP contribution in [0.4, 0.5) is 5.82 Å². The second-order valence-corrected chi connectivity index (χ2v) is 7.02. The van der Waals surface area contributed by atoms with Crippen molar-refractivity contribution in [2.75, 3.05) is 25.0 Å². The Kier molecular flexibility index (Phi) is 4.24. The summed E-state index contributed by atoms with van der Waals surface area (Å²) in [6.07, 6.45) is 6.55. The van der Waals surface area contributed by atoms with Crippen LogP contribution in [0.15, 0.2) is 53.8 Å². The minimum Gasteiger partial charge on any atom is -0.348 e. The Balaban J connectivity index is 1.66. The Morgan fingerprint density at radius 2 is 1.97 bits per heavy atom. The number of aromatic nitrogens is 6. The van der Waals surface area contributed by atoms with E-state index in [0.29, 0.717) is 48.0 Å². The molecule has 4 aromatic rings. The lowest BCUT2D eigenvalue weighted by molar-refractivity contribution is 0.0804. The molecule has 0 saturated heterocycles. The van der Waals surface area contributed by atoms with E-state index >= 15 is 0 Å². The molecule has 0 aliphatic carbocycles. The van der Waals surface area contributed by atoms with E-state index in [9.17, 15) is 9.59 Å². The number of pyridine rings is 2. The number of carbonyl (C=O) groups excluding carboxylic acids is 1. The van der Waals surface area contributed by atoms with Gasteiger partial charge in [-0.3, -0.25) is 19.7 Å². The summed E-state index contributed by atoms with van der Waals surface area (Å²) >= 11 is 0. The molecule has 1 aliphatic heterocycles. The first-order chi connectivity index (χ1) is 14.6. The van der Waals surface area contributed by atoms with Crippen LogP contribution in [0.2, 0.25) is 0 Å².